The molecule has 84 valence electrons. The van der Waals surface area contributed by atoms with Gasteiger partial charge in [-0.2, -0.15) is 0 Å². The first-order valence-electron chi connectivity index (χ1n) is 5.03. The first-order chi connectivity index (χ1) is 7.00. The summed E-state index contributed by atoms with van der Waals surface area (Å²) in [5, 5.41) is 9.19. The minimum absolute atomic E-state index is 0.260. The van der Waals surface area contributed by atoms with Gasteiger partial charge in [-0.05, 0) is 48.3 Å². The smallest absolute Gasteiger partial charge is 0.128 e. The number of anilines is 1. The zero-order chi connectivity index (χ0) is 11.4. The number of aryl methyl sites for hydroxylation is 1. The Bertz CT molecular complexity index is 328. The lowest BCUT2D eigenvalue weighted by Gasteiger charge is -2.19. The van der Waals surface area contributed by atoms with Gasteiger partial charge in [-0.25, -0.2) is 4.98 Å². The highest BCUT2D eigenvalue weighted by atomic mass is 79.9. The van der Waals surface area contributed by atoms with E-state index in [1.165, 1.54) is 0 Å². The number of rotatable bonds is 4. The summed E-state index contributed by atoms with van der Waals surface area (Å²) in [6, 6.07) is 3.97. The van der Waals surface area contributed by atoms with Crippen molar-refractivity contribution in [1.29, 1.82) is 0 Å². The third kappa shape index (κ3) is 3.80. The molecule has 15 heavy (non-hydrogen) atoms. The van der Waals surface area contributed by atoms with Gasteiger partial charge in [0.05, 0.1) is 11.8 Å². The number of halogens is 1. The minimum Gasteiger partial charge on any atom is -0.393 e. The Labute approximate surface area is 99.3 Å². The maximum absolute atomic E-state index is 9.19. The van der Waals surface area contributed by atoms with Crippen LogP contribution in [0.25, 0.3) is 0 Å². The molecule has 1 N–H and O–H groups in total. The van der Waals surface area contributed by atoms with Crippen molar-refractivity contribution in [3.63, 3.8) is 0 Å². The van der Waals surface area contributed by atoms with Crippen LogP contribution in [0, 0.1) is 6.92 Å². The van der Waals surface area contributed by atoms with Crippen LogP contribution in [-0.4, -0.2) is 29.8 Å². The second-order valence-corrected chi connectivity index (χ2v) is 4.65. The second-order valence-electron chi connectivity index (χ2n) is 3.80. The normalized spacial score (nSPS) is 12.6. The lowest BCUT2D eigenvalue weighted by atomic mass is 10.2. The molecule has 1 unspecified atom stereocenters. The quantitative estimate of drug-likeness (QED) is 0.914. The van der Waals surface area contributed by atoms with E-state index in [0.29, 0.717) is 0 Å². The molecule has 4 heteroatoms. The van der Waals surface area contributed by atoms with E-state index in [0.717, 1.165) is 29.0 Å². The Morgan fingerprint density at radius 2 is 2.20 bits per heavy atom. The molecular weight excluding hydrogens is 256 g/mol. The van der Waals surface area contributed by atoms with Crippen LogP contribution in [0.15, 0.2) is 16.6 Å². The van der Waals surface area contributed by atoms with Crippen molar-refractivity contribution in [2.75, 3.05) is 18.5 Å². The van der Waals surface area contributed by atoms with E-state index in [2.05, 4.69) is 20.9 Å². The number of hydrogen-bond donors (Lipinski definition) is 1. The molecule has 1 aromatic rings. The lowest BCUT2D eigenvalue weighted by molar-refractivity contribution is 0.187. The van der Waals surface area contributed by atoms with E-state index in [9.17, 15) is 5.11 Å². The molecule has 0 amide bonds. The molecule has 0 saturated heterocycles. The van der Waals surface area contributed by atoms with Gasteiger partial charge in [0, 0.05) is 18.1 Å². The Morgan fingerprint density at radius 3 is 2.73 bits per heavy atom. The van der Waals surface area contributed by atoms with E-state index in [4.69, 9.17) is 0 Å². The second kappa shape index (κ2) is 5.47. The largest absolute Gasteiger partial charge is 0.393 e. The van der Waals surface area contributed by atoms with Gasteiger partial charge in [0.25, 0.3) is 0 Å². The predicted octanol–water partition coefficient (Wildman–Crippen LogP) is 2.36. The van der Waals surface area contributed by atoms with Crippen LogP contribution in [0.3, 0.4) is 0 Å². The van der Waals surface area contributed by atoms with Crippen molar-refractivity contribution in [3.05, 3.63) is 22.3 Å². The van der Waals surface area contributed by atoms with E-state index in [1.807, 2.05) is 31.0 Å². The van der Waals surface area contributed by atoms with Crippen LogP contribution in [0.1, 0.15) is 19.0 Å². The molecule has 3 nitrogen and oxygen atoms in total. The summed E-state index contributed by atoms with van der Waals surface area (Å²) in [5.41, 5.74) is 0.983. The zero-order valence-corrected chi connectivity index (χ0v) is 11.0. The molecule has 0 fully saturated rings. The summed E-state index contributed by atoms with van der Waals surface area (Å²) in [4.78, 5) is 6.50. The van der Waals surface area contributed by atoms with Gasteiger partial charge in [-0.1, -0.05) is 0 Å². The van der Waals surface area contributed by atoms with Gasteiger partial charge in [-0.3, -0.25) is 0 Å². The average Bonchev–Trinajstić information content (AvgIpc) is 2.18. The molecule has 0 aliphatic rings. The standard InChI is InChI=1S/C11H17BrN2O/c1-8(15)6-7-14(3)11-5-4-10(12)9(2)13-11/h4-5,8,15H,6-7H2,1-3H3. The number of aromatic nitrogens is 1. The predicted molar refractivity (Wildman–Crippen MR) is 66.2 cm³/mol. The third-order valence-electron chi connectivity index (χ3n) is 2.28. The van der Waals surface area contributed by atoms with Crippen molar-refractivity contribution >= 4 is 21.7 Å². The van der Waals surface area contributed by atoms with Crippen LogP contribution in [-0.2, 0) is 0 Å². The molecule has 0 saturated carbocycles. The lowest BCUT2D eigenvalue weighted by Crippen LogP contribution is -2.22. The van der Waals surface area contributed by atoms with Crippen molar-refractivity contribution in [1.82, 2.24) is 4.98 Å². The average molecular weight is 273 g/mol. The maximum atomic E-state index is 9.19. The van der Waals surface area contributed by atoms with E-state index >= 15 is 0 Å². The minimum atomic E-state index is -0.260. The van der Waals surface area contributed by atoms with Gasteiger partial charge >= 0.3 is 0 Å². The number of hydrogen-bond acceptors (Lipinski definition) is 3. The highest BCUT2D eigenvalue weighted by molar-refractivity contribution is 9.10. The molecule has 0 aliphatic carbocycles. The first-order valence-corrected chi connectivity index (χ1v) is 5.82. The topological polar surface area (TPSA) is 36.4 Å². The summed E-state index contributed by atoms with van der Waals surface area (Å²) in [7, 11) is 1.98. The number of aliphatic hydroxyl groups excluding tert-OH is 1. The molecule has 0 aromatic carbocycles. The Morgan fingerprint density at radius 1 is 1.53 bits per heavy atom. The number of aliphatic hydroxyl groups is 1. The molecule has 0 aliphatic heterocycles. The van der Waals surface area contributed by atoms with Gasteiger partial charge in [0.2, 0.25) is 0 Å². The molecule has 0 radical (unpaired) electrons. The summed E-state index contributed by atoms with van der Waals surface area (Å²) < 4.78 is 1.02. The van der Waals surface area contributed by atoms with Crippen LogP contribution in [0.2, 0.25) is 0 Å². The fourth-order valence-electron chi connectivity index (χ4n) is 1.24. The molecule has 1 heterocycles. The van der Waals surface area contributed by atoms with E-state index < -0.39 is 0 Å². The van der Waals surface area contributed by atoms with Crippen molar-refractivity contribution < 1.29 is 5.11 Å². The molecule has 0 bridgehead atoms. The highest BCUT2D eigenvalue weighted by Gasteiger charge is 2.05. The van der Waals surface area contributed by atoms with Gasteiger partial charge in [0.1, 0.15) is 5.82 Å². The molecule has 1 aromatic heterocycles. The van der Waals surface area contributed by atoms with Crippen LogP contribution < -0.4 is 4.90 Å². The summed E-state index contributed by atoms with van der Waals surface area (Å²) >= 11 is 3.42. The van der Waals surface area contributed by atoms with Crippen molar-refractivity contribution in [2.45, 2.75) is 26.4 Å². The van der Waals surface area contributed by atoms with Gasteiger partial charge in [-0.15, -0.1) is 0 Å². The summed E-state index contributed by atoms with van der Waals surface area (Å²) in [6.07, 6.45) is 0.497. The monoisotopic (exact) mass is 272 g/mol. The maximum Gasteiger partial charge on any atom is 0.128 e. The fraction of sp³-hybridized carbons (Fsp3) is 0.545. The molecule has 1 rings (SSSR count). The first kappa shape index (κ1) is 12.5. The number of pyridine rings is 1. The number of nitrogens with zero attached hydrogens (tertiary/aromatic N) is 2. The summed E-state index contributed by atoms with van der Waals surface area (Å²) in [5.74, 6) is 0.941. The summed E-state index contributed by atoms with van der Waals surface area (Å²) in [6.45, 7) is 4.58. The van der Waals surface area contributed by atoms with E-state index in [-0.39, 0.29) is 6.10 Å². The Kier molecular flexibility index (Phi) is 4.54. The SMILES string of the molecule is Cc1nc(N(C)CCC(C)O)ccc1Br. The molecule has 1 atom stereocenters. The van der Waals surface area contributed by atoms with Crippen LogP contribution in [0.5, 0.6) is 0 Å². The van der Waals surface area contributed by atoms with Crippen molar-refractivity contribution in [3.8, 4) is 0 Å². The molecular formula is C11H17BrN2O. The van der Waals surface area contributed by atoms with E-state index in [1.54, 1.807) is 6.92 Å². The third-order valence-corrected chi connectivity index (χ3v) is 3.12. The Hall–Kier alpha value is -0.610. The van der Waals surface area contributed by atoms with Crippen molar-refractivity contribution in [2.24, 2.45) is 0 Å². The Balaban J connectivity index is 2.65. The zero-order valence-electron chi connectivity index (χ0n) is 9.37. The highest BCUT2D eigenvalue weighted by Crippen LogP contribution is 2.18. The fourth-order valence-corrected chi connectivity index (χ4v) is 1.46. The van der Waals surface area contributed by atoms with Gasteiger partial charge in [0.15, 0.2) is 0 Å². The van der Waals surface area contributed by atoms with Gasteiger partial charge < -0.3 is 10.0 Å². The van der Waals surface area contributed by atoms with Crippen LogP contribution in [0.4, 0.5) is 5.82 Å². The van der Waals surface area contributed by atoms with Crippen LogP contribution >= 0.6 is 15.9 Å². The molecule has 0 spiro atoms.